The van der Waals surface area contributed by atoms with Crippen molar-refractivity contribution in [3.05, 3.63) is 76.2 Å². The van der Waals surface area contributed by atoms with Crippen LogP contribution in [-0.2, 0) is 17.9 Å². The summed E-state index contributed by atoms with van der Waals surface area (Å²) in [6.07, 6.45) is 15.9. The summed E-state index contributed by atoms with van der Waals surface area (Å²) in [5.74, 6) is 1.01. The predicted molar refractivity (Wildman–Crippen MR) is 160 cm³/mol. The van der Waals surface area contributed by atoms with Gasteiger partial charge in [0.25, 0.3) is 0 Å². The summed E-state index contributed by atoms with van der Waals surface area (Å²) >= 11 is 1.75. The van der Waals surface area contributed by atoms with Crippen LogP contribution in [0.1, 0.15) is 100 Å². The first-order chi connectivity index (χ1) is 18.6. The van der Waals surface area contributed by atoms with Gasteiger partial charge in [-0.05, 0) is 43.2 Å². The smallest absolute Gasteiger partial charge is 0.227 e. The Balaban J connectivity index is 0.00000533. The number of aromatic nitrogens is 1. The zero-order chi connectivity index (χ0) is 27.0. The highest BCUT2D eigenvalue weighted by atomic mass is 79.9. The van der Waals surface area contributed by atoms with Crippen LogP contribution in [0.2, 0.25) is 0 Å². The number of hydrogen-bond donors (Lipinski definition) is 0. The third-order valence-electron chi connectivity index (χ3n) is 6.94. The van der Waals surface area contributed by atoms with E-state index in [1.54, 1.807) is 11.3 Å². The Morgan fingerprint density at radius 3 is 2.15 bits per heavy atom. The summed E-state index contributed by atoms with van der Waals surface area (Å²) < 4.78 is 8.26. The van der Waals surface area contributed by atoms with Crippen molar-refractivity contribution in [3.63, 3.8) is 0 Å². The molecule has 0 atom stereocenters. The molecule has 1 aromatic heterocycles. The minimum atomic E-state index is 0. The lowest BCUT2D eigenvalue weighted by Gasteiger charge is -2.23. The minimum Gasteiger partial charge on any atom is -1.00 e. The average Bonchev–Trinajstić information content (AvgIpc) is 3.35. The van der Waals surface area contributed by atoms with Crippen LogP contribution >= 0.6 is 11.3 Å². The van der Waals surface area contributed by atoms with Crippen LogP contribution in [0.3, 0.4) is 0 Å². The highest BCUT2D eigenvalue weighted by molar-refractivity contribution is 7.09. The number of hydrogen-bond acceptors (Lipinski definition) is 3. The molecule has 6 heteroatoms. The first-order valence-electron chi connectivity index (χ1n) is 14.6. The molecule has 0 aliphatic rings. The molecule has 3 aromatic rings. The normalized spacial score (nSPS) is 10.7. The van der Waals surface area contributed by atoms with E-state index in [1.807, 2.05) is 24.0 Å². The third kappa shape index (κ3) is 12.3. The SMILES string of the molecule is CCCCCCCCCCCCOc1cccc(CN(C(=O)CC)c2ccc(C[n+]3csc(C)c3)cc2)c1.[Br-]. The number of thiazole rings is 1. The maximum Gasteiger partial charge on any atom is 0.227 e. The van der Waals surface area contributed by atoms with Gasteiger partial charge in [-0.1, -0.05) is 107 Å². The summed E-state index contributed by atoms with van der Waals surface area (Å²) in [7, 11) is 0. The Bertz CT molecular complexity index is 1080. The number of benzene rings is 2. The Morgan fingerprint density at radius 1 is 0.872 bits per heavy atom. The van der Waals surface area contributed by atoms with Gasteiger partial charge in [0.15, 0.2) is 12.7 Å². The number of carbonyl (C=O) groups is 1. The molecule has 214 valence electrons. The molecule has 0 N–H and O–H groups in total. The lowest BCUT2D eigenvalue weighted by molar-refractivity contribution is -0.683. The van der Waals surface area contributed by atoms with Gasteiger partial charge in [-0.25, -0.2) is 0 Å². The van der Waals surface area contributed by atoms with E-state index in [0.29, 0.717) is 13.0 Å². The molecule has 0 saturated heterocycles. The molecule has 3 rings (SSSR count). The van der Waals surface area contributed by atoms with Gasteiger partial charge in [0.1, 0.15) is 5.75 Å². The lowest BCUT2D eigenvalue weighted by Crippen LogP contribution is -3.00. The molecule has 0 unspecified atom stereocenters. The van der Waals surface area contributed by atoms with Crippen LogP contribution in [0, 0.1) is 6.92 Å². The molecule has 2 aromatic carbocycles. The summed E-state index contributed by atoms with van der Waals surface area (Å²) in [4.78, 5) is 16.0. The number of amides is 1. The van der Waals surface area contributed by atoms with Crippen molar-refractivity contribution in [3.8, 4) is 5.75 Å². The summed E-state index contributed by atoms with van der Waals surface area (Å²) in [6, 6.07) is 16.6. The van der Waals surface area contributed by atoms with E-state index in [2.05, 4.69) is 66.5 Å². The fourth-order valence-electron chi connectivity index (χ4n) is 4.73. The van der Waals surface area contributed by atoms with Gasteiger partial charge in [0, 0.05) is 17.7 Å². The van der Waals surface area contributed by atoms with Crippen LogP contribution in [0.4, 0.5) is 5.69 Å². The van der Waals surface area contributed by atoms with Crippen LogP contribution in [0.5, 0.6) is 5.75 Å². The van der Waals surface area contributed by atoms with Gasteiger partial charge in [-0.2, -0.15) is 4.57 Å². The molecule has 0 aliphatic heterocycles. The van der Waals surface area contributed by atoms with Gasteiger partial charge in [-0.3, -0.25) is 4.79 Å². The van der Waals surface area contributed by atoms with E-state index in [9.17, 15) is 4.79 Å². The molecular formula is C33H47BrN2O2S. The number of ether oxygens (including phenoxy) is 1. The van der Waals surface area contributed by atoms with Crippen molar-refractivity contribution in [2.75, 3.05) is 11.5 Å². The Hall–Kier alpha value is -2.18. The zero-order valence-corrected chi connectivity index (χ0v) is 26.6. The largest absolute Gasteiger partial charge is 1.00 e. The van der Waals surface area contributed by atoms with E-state index in [-0.39, 0.29) is 22.9 Å². The molecule has 0 aliphatic carbocycles. The van der Waals surface area contributed by atoms with Crippen molar-refractivity contribution in [2.45, 2.75) is 104 Å². The van der Waals surface area contributed by atoms with Crippen molar-refractivity contribution in [1.29, 1.82) is 0 Å². The maximum atomic E-state index is 12.9. The van der Waals surface area contributed by atoms with Gasteiger partial charge in [0.05, 0.1) is 18.0 Å². The first-order valence-corrected chi connectivity index (χ1v) is 15.5. The van der Waals surface area contributed by atoms with Crippen molar-refractivity contribution < 1.29 is 31.1 Å². The fourth-order valence-corrected chi connectivity index (χ4v) is 5.36. The lowest BCUT2D eigenvalue weighted by atomic mass is 10.1. The van der Waals surface area contributed by atoms with Crippen molar-refractivity contribution in [2.24, 2.45) is 0 Å². The van der Waals surface area contributed by atoms with Gasteiger partial charge < -0.3 is 26.6 Å². The Morgan fingerprint density at radius 2 is 1.54 bits per heavy atom. The molecule has 0 bridgehead atoms. The van der Waals surface area contributed by atoms with E-state index in [0.717, 1.165) is 36.6 Å². The Kier molecular flexibility index (Phi) is 16.1. The van der Waals surface area contributed by atoms with Crippen LogP contribution < -0.4 is 31.2 Å². The number of aryl methyl sites for hydroxylation is 1. The number of carbonyl (C=O) groups excluding carboxylic acids is 1. The van der Waals surface area contributed by atoms with Gasteiger partial charge >= 0.3 is 0 Å². The number of unbranched alkanes of at least 4 members (excludes halogenated alkanes) is 9. The van der Waals surface area contributed by atoms with Crippen LogP contribution in [0.25, 0.3) is 0 Å². The molecule has 1 amide bonds. The molecule has 0 fully saturated rings. The van der Waals surface area contributed by atoms with Gasteiger partial charge in [-0.15, -0.1) is 0 Å². The van der Waals surface area contributed by atoms with Crippen LogP contribution in [-0.4, -0.2) is 12.5 Å². The van der Waals surface area contributed by atoms with E-state index < -0.39 is 0 Å². The number of anilines is 1. The van der Waals surface area contributed by atoms with Crippen LogP contribution in [0.15, 0.2) is 60.2 Å². The molecule has 0 saturated carbocycles. The molecule has 4 nitrogen and oxygen atoms in total. The highest BCUT2D eigenvalue weighted by Gasteiger charge is 2.16. The zero-order valence-electron chi connectivity index (χ0n) is 24.2. The Labute approximate surface area is 251 Å². The minimum absolute atomic E-state index is 0. The average molecular weight is 616 g/mol. The van der Waals surface area contributed by atoms with Gasteiger partial charge in [0.2, 0.25) is 11.4 Å². The first kappa shape index (κ1) is 33.0. The molecule has 1 heterocycles. The third-order valence-corrected chi connectivity index (χ3v) is 7.80. The van der Waals surface area contributed by atoms with Crippen molar-refractivity contribution >= 4 is 22.9 Å². The van der Waals surface area contributed by atoms with E-state index >= 15 is 0 Å². The quantitative estimate of drug-likeness (QED) is 0.137. The second-order valence-corrected chi connectivity index (χ2v) is 11.4. The van der Waals surface area contributed by atoms with E-state index in [4.69, 9.17) is 4.74 Å². The molecule has 0 radical (unpaired) electrons. The second kappa shape index (κ2) is 19.0. The molecular weight excluding hydrogens is 568 g/mol. The topological polar surface area (TPSA) is 33.4 Å². The van der Waals surface area contributed by atoms with Crippen molar-refractivity contribution in [1.82, 2.24) is 0 Å². The summed E-state index contributed by atoms with van der Waals surface area (Å²) in [5.41, 5.74) is 5.38. The number of rotatable bonds is 18. The summed E-state index contributed by atoms with van der Waals surface area (Å²) in [6.45, 7) is 8.45. The monoisotopic (exact) mass is 614 g/mol. The summed E-state index contributed by atoms with van der Waals surface area (Å²) in [5, 5.41) is 0. The standard InChI is InChI=1S/C33H47N2O2S.BrH/c1-4-6-7-8-9-10-11-12-13-14-22-37-32-17-15-16-30(23-32)26-35(33(36)5-2)31-20-18-29(19-21-31)25-34-24-28(3)38-27-34;/h15-21,23-24,27H,4-14,22,25-26H2,1-3H3;1H/q+1;/p-1. The highest BCUT2D eigenvalue weighted by Crippen LogP contribution is 2.22. The molecule has 0 spiro atoms. The number of nitrogens with zero attached hydrogens (tertiary/aromatic N) is 2. The predicted octanol–water partition coefficient (Wildman–Crippen LogP) is 5.64. The second-order valence-electron chi connectivity index (χ2n) is 10.3. The molecule has 39 heavy (non-hydrogen) atoms. The maximum absolute atomic E-state index is 12.9. The number of halogens is 1. The fraction of sp³-hybridized carbons (Fsp3) is 0.515. The van der Waals surface area contributed by atoms with E-state index in [1.165, 1.54) is 68.2 Å².